The minimum absolute atomic E-state index is 0.0879. The predicted molar refractivity (Wildman–Crippen MR) is 122 cm³/mol. The molecular weight excluding hydrogens is 384 g/mol. The summed E-state index contributed by atoms with van der Waals surface area (Å²) in [5.74, 6) is 3.16. The Kier molecular flexibility index (Phi) is 4.35. The van der Waals surface area contributed by atoms with E-state index in [0.717, 1.165) is 42.9 Å². The van der Waals surface area contributed by atoms with Crippen LogP contribution in [0, 0.1) is 45.3 Å². The summed E-state index contributed by atoms with van der Waals surface area (Å²) in [6, 6.07) is 0. The zero-order valence-electron chi connectivity index (χ0n) is 20.6. The summed E-state index contributed by atoms with van der Waals surface area (Å²) in [4.78, 5) is 0. The topological polar surface area (TPSA) is 49.7 Å². The molecule has 6 unspecified atom stereocenters. The Bertz CT molecular complexity index is 754. The molecule has 6 fully saturated rings. The van der Waals surface area contributed by atoms with Crippen molar-refractivity contribution in [3.63, 3.8) is 0 Å². The van der Waals surface area contributed by atoms with E-state index >= 15 is 0 Å². The molecule has 3 heteroatoms. The molecular formula is C28H46O3. The highest BCUT2D eigenvalue weighted by Crippen LogP contribution is 2.87. The van der Waals surface area contributed by atoms with Crippen molar-refractivity contribution in [3.8, 4) is 0 Å². The first-order valence-corrected chi connectivity index (χ1v) is 13.5. The molecule has 2 spiro atoms. The van der Waals surface area contributed by atoms with Gasteiger partial charge in [-0.05, 0) is 123 Å². The number of aliphatic hydroxyl groups excluding tert-OH is 1. The summed E-state index contributed by atoms with van der Waals surface area (Å²) in [5, 5.41) is 21.1. The standard InChI is InChI=1S/C28H46O3/c1-24(2,30)15-17-6-7-19-21(31-17)14-20-18-8-9-22-25(3,4)23(29)10-11-28(22)16-27(18,28)13-12-26(19,20)5/h17-23,29-30H,6-16H2,1-5H3/t17?,18?,19?,20?,21?,22?,23-,26+,27-,28+/m0/s1. The largest absolute Gasteiger partial charge is 0.393 e. The number of ether oxygens (including phenoxy) is 1. The van der Waals surface area contributed by atoms with Crippen LogP contribution in [-0.2, 0) is 4.74 Å². The average Bonchev–Trinajstić information content (AvgIpc) is 3.25. The third-order valence-electron chi connectivity index (χ3n) is 12.4. The molecule has 6 aliphatic rings. The van der Waals surface area contributed by atoms with Gasteiger partial charge in [0.2, 0.25) is 0 Å². The molecule has 3 nitrogen and oxygen atoms in total. The Morgan fingerprint density at radius 2 is 1.61 bits per heavy atom. The maximum Gasteiger partial charge on any atom is 0.0616 e. The van der Waals surface area contributed by atoms with Crippen LogP contribution in [-0.4, -0.2) is 34.1 Å². The number of aliphatic hydroxyl groups is 2. The summed E-state index contributed by atoms with van der Waals surface area (Å²) < 4.78 is 6.73. The van der Waals surface area contributed by atoms with Gasteiger partial charge in [-0.3, -0.25) is 0 Å². The van der Waals surface area contributed by atoms with Crippen molar-refractivity contribution in [1.82, 2.24) is 0 Å². The number of hydrogen-bond donors (Lipinski definition) is 2. The van der Waals surface area contributed by atoms with Gasteiger partial charge in [0, 0.05) is 6.42 Å². The lowest BCUT2D eigenvalue weighted by atomic mass is 9.46. The highest BCUT2D eigenvalue weighted by Gasteiger charge is 2.80. The van der Waals surface area contributed by atoms with E-state index in [2.05, 4.69) is 20.8 Å². The van der Waals surface area contributed by atoms with Gasteiger partial charge < -0.3 is 14.9 Å². The Balaban J connectivity index is 1.26. The van der Waals surface area contributed by atoms with Gasteiger partial charge in [-0.1, -0.05) is 20.8 Å². The summed E-state index contributed by atoms with van der Waals surface area (Å²) in [6.45, 7) is 11.2. The zero-order chi connectivity index (χ0) is 22.0. The minimum Gasteiger partial charge on any atom is -0.393 e. The van der Waals surface area contributed by atoms with Crippen LogP contribution in [0.15, 0.2) is 0 Å². The molecule has 1 aliphatic heterocycles. The van der Waals surface area contributed by atoms with Crippen molar-refractivity contribution < 1.29 is 14.9 Å². The molecule has 0 aromatic carbocycles. The van der Waals surface area contributed by atoms with Gasteiger partial charge in [0.1, 0.15) is 0 Å². The van der Waals surface area contributed by atoms with Gasteiger partial charge in [0.15, 0.2) is 0 Å². The van der Waals surface area contributed by atoms with E-state index in [4.69, 9.17) is 4.74 Å². The molecule has 5 saturated carbocycles. The summed E-state index contributed by atoms with van der Waals surface area (Å²) in [6.07, 6.45) is 14.3. The van der Waals surface area contributed by atoms with Crippen molar-refractivity contribution in [1.29, 1.82) is 0 Å². The van der Waals surface area contributed by atoms with Gasteiger partial charge in [-0.15, -0.1) is 0 Å². The fourth-order valence-electron chi connectivity index (χ4n) is 11.0. The van der Waals surface area contributed by atoms with E-state index in [1.54, 1.807) is 0 Å². The molecule has 6 rings (SSSR count). The van der Waals surface area contributed by atoms with Gasteiger partial charge in [-0.25, -0.2) is 0 Å². The molecule has 176 valence electrons. The molecule has 5 aliphatic carbocycles. The lowest BCUT2D eigenvalue weighted by Crippen LogP contribution is -2.54. The summed E-state index contributed by atoms with van der Waals surface area (Å²) in [5.41, 5.74) is 1.04. The van der Waals surface area contributed by atoms with Crippen LogP contribution in [0.5, 0.6) is 0 Å². The van der Waals surface area contributed by atoms with Crippen molar-refractivity contribution in [2.45, 2.75) is 129 Å². The Labute approximate surface area is 189 Å². The monoisotopic (exact) mass is 430 g/mol. The molecule has 1 heterocycles. The quantitative estimate of drug-likeness (QED) is 0.589. The van der Waals surface area contributed by atoms with E-state index in [-0.39, 0.29) is 17.6 Å². The molecule has 0 aromatic heterocycles. The van der Waals surface area contributed by atoms with E-state index in [9.17, 15) is 10.2 Å². The van der Waals surface area contributed by atoms with Gasteiger partial charge in [-0.2, -0.15) is 0 Å². The Morgan fingerprint density at radius 3 is 2.35 bits per heavy atom. The second-order valence-electron chi connectivity index (χ2n) is 14.4. The molecule has 0 aromatic rings. The highest BCUT2D eigenvalue weighted by molar-refractivity contribution is 5.29. The second-order valence-corrected chi connectivity index (χ2v) is 14.4. The molecule has 10 atom stereocenters. The van der Waals surface area contributed by atoms with Crippen molar-refractivity contribution in [3.05, 3.63) is 0 Å². The third kappa shape index (κ3) is 2.69. The maximum atomic E-state index is 10.8. The van der Waals surface area contributed by atoms with Gasteiger partial charge in [0.05, 0.1) is 23.9 Å². The van der Waals surface area contributed by atoms with E-state index < -0.39 is 5.60 Å². The summed E-state index contributed by atoms with van der Waals surface area (Å²) in [7, 11) is 0. The molecule has 31 heavy (non-hydrogen) atoms. The lowest BCUT2D eigenvalue weighted by molar-refractivity contribution is -0.137. The summed E-state index contributed by atoms with van der Waals surface area (Å²) >= 11 is 0. The van der Waals surface area contributed by atoms with Crippen LogP contribution >= 0.6 is 0 Å². The molecule has 2 N–H and O–H groups in total. The van der Waals surface area contributed by atoms with Crippen LogP contribution in [0.1, 0.15) is 105 Å². The van der Waals surface area contributed by atoms with Crippen LogP contribution < -0.4 is 0 Å². The lowest BCUT2D eigenvalue weighted by Gasteiger charge is -2.59. The van der Waals surface area contributed by atoms with E-state index in [0.29, 0.717) is 22.3 Å². The fraction of sp³-hybridized carbons (Fsp3) is 1.00. The third-order valence-corrected chi connectivity index (χ3v) is 12.4. The minimum atomic E-state index is -0.631. The Morgan fingerprint density at radius 1 is 0.871 bits per heavy atom. The first kappa shape index (κ1) is 21.4. The molecule has 0 radical (unpaired) electrons. The van der Waals surface area contributed by atoms with Crippen LogP contribution in [0.2, 0.25) is 0 Å². The first-order chi connectivity index (χ1) is 14.4. The van der Waals surface area contributed by atoms with E-state index in [1.807, 2.05) is 13.8 Å². The highest BCUT2D eigenvalue weighted by atomic mass is 16.5. The van der Waals surface area contributed by atoms with Crippen LogP contribution in [0.4, 0.5) is 0 Å². The molecule has 0 amide bonds. The van der Waals surface area contributed by atoms with Gasteiger partial charge in [0.25, 0.3) is 0 Å². The van der Waals surface area contributed by atoms with Crippen LogP contribution in [0.3, 0.4) is 0 Å². The van der Waals surface area contributed by atoms with Gasteiger partial charge >= 0.3 is 0 Å². The fourth-order valence-corrected chi connectivity index (χ4v) is 11.0. The molecule has 1 saturated heterocycles. The normalized spacial score (nSPS) is 57.2. The number of hydrogen-bond acceptors (Lipinski definition) is 3. The molecule has 0 bridgehead atoms. The maximum absolute atomic E-state index is 10.8. The predicted octanol–water partition coefficient (Wildman–Crippen LogP) is 5.71. The smallest absolute Gasteiger partial charge is 0.0616 e. The SMILES string of the molecule is CC(C)(O)CC1CCC2C(CC3C4CCC5C(C)(C)[C@@H](O)CC[C@@]56C[C@@]46CC[C@]23C)O1. The van der Waals surface area contributed by atoms with Crippen molar-refractivity contribution in [2.75, 3.05) is 0 Å². The van der Waals surface area contributed by atoms with Crippen molar-refractivity contribution >= 4 is 0 Å². The van der Waals surface area contributed by atoms with Crippen LogP contribution in [0.25, 0.3) is 0 Å². The zero-order valence-corrected chi connectivity index (χ0v) is 20.6. The Hall–Kier alpha value is -0.120. The second kappa shape index (κ2) is 6.30. The number of fused-ring (bicyclic) bond motifs is 4. The van der Waals surface area contributed by atoms with E-state index in [1.165, 1.54) is 51.4 Å². The van der Waals surface area contributed by atoms with Crippen molar-refractivity contribution in [2.24, 2.45) is 45.3 Å². The first-order valence-electron chi connectivity index (χ1n) is 13.5. The average molecular weight is 431 g/mol. The number of rotatable bonds is 2.